The Labute approximate surface area is 89.3 Å². The number of rotatable bonds is 1. The monoisotopic (exact) mass is 195 g/mol. The molecule has 73 valence electrons. The van der Waals surface area contributed by atoms with Crippen LogP contribution in [0.2, 0.25) is 0 Å². The van der Waals surface area contributed by atoms with Gasteiger partial charge in [-0.25, -0.2) is 0 Å². The summed E-state index contributed by atoms with van der Waals surface area (Å²) in [6.45, 7) is 0.821. The lowest BCUT2D eigenvalue weighted by molar-refractivity contribution is 0.357. The van der Waals surface area contributed by atoms with E-state index in [0.717, 1.165) is 18.8 Å². The molecule has 1 aliphatic heterocycles. The average Bonchev–Trinajstić information content (AvgIpc) is 2.77. The lowest BCUT2D eigenvalue weighted by Gasteiger charge is -2.04. The molecule has 0 saturated carbocycles. The molecular formula is C14H11O. The van der Waals surface area contributed by atoms with Gasteiger partial charge in [-0.15, -0.1) is 0 Å². The Balaban J connectivity index is 2.07. The van der Waals surface area contributed by atoms with Crippen LogP contribution < -0.4 is 4.74 Å². The SMILES string of the molecule is [c]1ccc(-c2ccc3c(c2)OCC3)cc1. The van der Waals surface area contributed by atoms with Crippen LogP contribution >= 0.6 is 0 Å². The molecule has 0 spiro atoms. The van der Waals surface area contributed by atoms with E-state index < -0.39 is 0 Å². The van der Waals surface area contributed by atoms with Gasteiger partial charge in [-0.2, -0.15) is 0 Å². The van der Waals surface area contributed by atoms with E-state index in [1.807, 2.05) is 12.1 Å². The first kappa shape index (κ1) is 8.54. The van der Waals surface area contributed by atoms with E-state index in [9.17, 15) is 0 Å². The maximum absolute atomic E-state index is 5.55. The predicted octanol–water partition coefficient (Wildman–Crippen LogP) is 3.09. The highest BCUT2D eigenvalue weighted by molar-refractivity contribution is 5.66. The van der Waals surface area contributed by atoms with Crippen molar-refractivity contribution < 1.29 is 4.74 Å². The lowest BCUT2D eigenvalue weighted by atomic mass is 10.0. The van der Waals surface area contributed by atoms with Crippen molar-refractivity contribution in [2.24, 2.45) is 0 Å². The minimum atomic E-state index is 0.821. The summed E-state index contributed by atoms with van der Waals surface area (Å²) in [4.78, 5) is 0. The van der Waals surface area contributed by atoms with Crippen molar-refractivity contribution >= 4 is 0 Å². The fourth-order valence-corrected chi connectivity index (χ4v) is 1.93. The molecule has 0 unspecified atom stereocenters. The Morgan fingerprint density at radius 2 is 1.87 bits per heavy atom. The number of hydrogen-bond acceptors (Lipinski definition) is 1. The summed E-state index contributed by atoms with van der Waals surface area (Å²) in [6, 6.07) is 17.5. The maximum Gasteiger partial charge on any atom is 0.123 e. The van der Waals surface area contributed by atoms with Crippen LogP contribution in [0, 0.1) is 6.07 Å². The van der Waals surface area contributed by atoms with Crippen LogP contribution in [0.15, 0.2) is 42.5 Å². The lowest BCUT2D eigenvalue weighted by Crippen LogP contribution is -1.86. The van der Waals surface area contributed by atoms with E-state index in [0.29, 0.717) is 0 Å². The van der Waals surface area contributed by atoms with E-state index in [2.05, 4.69) is 36.4 Å². The van der Waals surface area contributed by atoms with Gasteiger partial charge in [-0.3, -0.25) is 0 Å². The van der Waals surface area contributed by atoms with E-state index >= 15 is 0 Å². The van der Waals surface area contributed by atoms with Gasteiger partial charge < -0.3 is 4.74 Å². The molecule has 0 saturated heterocycles. The maximum atomic E-state index is 5.55. The zero-order chi connectivity index (χ0) is 10.1. The molecule has 0 N–H and O–H groups in total. The molecule has 1 nitrogen and oxygen atoms in total. The third-order valence-electron chi connectivity index (χ3n) is 2.75. The van der Waals surface area contributed by atoms with Gasteiger partial charge in [0.05, 0.1) is 6.61 Å². The molecule has 0 amide bonds. The number of benzene rings is 2. The van der Waals surface area contributed by atoms with Crippen molar-refractivity contribution in [3.63, 3.8) is 0 Å². The van der Waals surface area contributed by atoms with Crippen LogP contribution in [-0.2, 0) is 6.42 Å². The summed E-state index contributed by atoms with van der Waals surface area (Å²) in [5.74, 6) is 1.04. The fourth-order valence-electron chi connectivity index (χ4n) is 1.93. The van der Waals surface area contributed by atoms with Gasteiger partial charge in [0, 0.05) is 6.42 Å². The zero-order valence-corrected chi connectivity index (χ0v) is 8.36. The summed E-state index contributed by atoms with van der Waals surface area (Å²) < 4.78 is 5.55. The molecule has 1 heteroatoms. The van der Waals surface area contributed by atoms with Gasteiger partial charge >= 0.3 is 0 Å². The van der Waals surface area contributed by atoms with Crippen molar-refractivity contribution in [3.8, 4) is 16.9 Å². The zero-order valence-electron chi connectivity index (χ0n) is 8.36. The molecule has 0 bridgehead atoms. The molecule has 0 atom stereocenters. The van der Waals surface area contributed by atoms with Gasteiger partial charge in [-0.1, -0.05) is 36.4 Å². The average molecular weight is 195 g/mol. The first-order chi connectivity index (χ1) is 7.43. The molecule has 2 aromatic carbocycles. The standard InChI is InChI=1S/C14H11O/c1-2-4-11(5-3-1)13-7-6-12-8-9-15-14(12)10-13/h2-7,10H,8-9H2. The van der Waals surface area contributed by atoms with Crippen LogP contribution in [-0.4, -0.2) is 6.61 Å². The van der Waals surface area contributed by atoms with Gasteiger partial charge in [-0.05, 0) is 28.8 Å². The van der Waals surface area contributed by atoms with Gasteiger partial charge in [0.2, 0.25) is 0 Å². The van der Waals surface area contributed by atoms with E-state index in [1.54, 1.807) is 0 Å². The minimum absolute atomic E-state index is 0.821. The highest BCUT2D eigenvalue weighted by atomic mass is 16.5. The number of hydrogen-bond donors (Lipinski definition) is 0. The summed E-state index contributed by atoms with van der Waals surface area (Å²) in [6.07, 6.45) is 1.04. The molecular weight excluding hydrogens is 184 g/mol. The second-order valence-electron chi connectivity index (χ2n) is 3.71. The molecule has 1 heterocycles. The molecule has 1 radical (unpaired) electrons. The van der Waals surface area contributed by atoms with Crippen LogP contribution in [0.4, 0.5) is 0 Å². The van der Waals surface area contributed by atoms with E-state index in [-0.39, 0.29) is 0 Å². The van der Waals surface area contributed by atoms with Gasteiger partial charge in [0.25, 0.3) is 0 Å². The molecule has 0 aromatic heterocycles. The first-order valence-corrected chi connectivity index (χ1v) is 5.16. The Kier molecular flexibility index (Phi) is 1.95. The van der Waals surface area contributed by atoms with Gasteiger partial charge in [0.15, 0.2) is 0 Å². The normalized spacial score (nSPS) is 13.3. The van der Waals surface area contributed by atoms with Crippen molar-refractivity contribution in [2.45, 2.75) is 6.42 Å². The van der Waals surface area contributed by atoms with Crippen molar-refractivity contribution in [2.75, 3.05) is 6.61 Å². The summed E-state index contributed by atoms with van der Waals surface area (Å²) >= 11 is 0. The molecule has 0 aliphatic carbocycles. The quantitative estimate of drug-likeness (QED) is 0.679. The Morgan fingerprint density at radius 1 is 1.00 bits per heavy atom. The summed E-state index contributed by atoms with van der Waals surface area (Å²) in [5.41, 5.74) is 3.75. The van der Waals surface area contributed by atoms with Crippen LogP contribution in [0.3, 0.4) is 0 Å². The van der Waals surface area contributed by atoms with Crippen molar-refractivity contribution in [1.29, 1.82) is 0 Å². The highest BCUT2D eigenvalue weighted by Gasteiger charge is 2.12. The molecule has 1 aliphatic rings. The van der Waals surface area contributed by atoms with Crippen molar-refractivity contribution in [3.05, 3.63) is 54.1 Å². The summed E-state index contributed by atoms with van der Waals surface area (Å²) in [5, 5.41) is 0. The highest BCUT2D eigenvalue weighted by Crippen LogP contribution is 2.30. The smallest absolute Gasteiger partial charge is 0.123 e. The predicted molar refractivity (Wildman–Crippen MR) is 59.9 cm³/mol. The Bertz CT molecular complexity index is 474. The Morgan fingerprint density at radius 3 is 2.73 bits per heavy atom. The number of fused-ring (bicyclic) bond motifs is 1. The molecule has 3 rings (SSSR count). The summed E-state index contributed by atoms with van der Waals surface area (Å²) in [7, 11) is 0. The number of ether oxygens (including phenoxy) is 1. The Hall–Kier alpha value is -1.76. The van der Waals surface area contributed by atoms with E-state index in [4.69, 9.17) is 4.74 Å². The topological polar surface area (TPSA) is 9.23 Å². The second-order valence-corrected chi connectivity index (χ2v) is 3.71. The van der Waals surface area contributed by atoms with Crippen molar-refractivity contribution in [1.82, 2.24) is 0 Å². The third kappa shape index (κ3) is 1.50. The van der Waals surface area contributed by atoms with E-state index in [1.165, 1.54) is 16.7 Å². The second kappa shape index (κ2) is 3.43. The third-order valence-corrected chi connectivity index (χ3v) is 2.75. The largest absolute Gasteiger partial charge is 0.493 e. The van der Waals surface area contributed by atoms with Crippen LogP contribution in [0.5, 0.6) is 5.75 Å². The molecule has 15 heavy (non-hydrogen) atoms. The molecule has 2 aromatic rings. The minimum Gasteiger partial charge on any atom is -0.493 e. The first-order valence-electron chi connectivity index (χ1n) is 5.16. The molecule has 0 fully saturated rings. The van der Waals surface area contributed by atoms with Crippen LogP contribution in [0.25, 0.3) is 11.1 Å². The van der Waals surface area contributed by atoms with Gasteiger partial charge in [0.1, 0.15) is 5.75 Å². The van der Waals surface area contributed by atoms with Crippen LogP contribution in [0.1, 0.15) is 5.56 Å². The fraction of sp³-hybridized carbons (Fsp3) is 0.143.